The minimum absolute atomic E-state index is 0.207. The predicted octanol–water partition coefficient (Wildman–Crippen LogP) is 2.51. The number of carbonyl (C=O) groups excluding carboxylic acids is 2. The van der Waals surface area contributed by atoms with Crippen LogP contribution in [-0.2, 0) is 4.79 Å². The molecular weight excluding hydrogens is 292 g/mol. The molecule has 0 spiro atoms. The highest BCUT2D eigenvalue weighted by Crippen LogP contribution is 2.20. The van der Waals surface area contributed by atoms with E-state index in [1.807, 2.05) is 30.3 Å². The smallest absolute Gasteiger partial charge is 0.251 e. The average Bonchev–Trinajstić information content (AvgIpc) is 2.60. The van der Waals surface area contributed by atoms with E-state index in [4.69, 9.17) is 4.74 Å². The third-order valence-electron chi connectivity index (χ3n) is 2.99. The second-order valence-corrected chi connectivity index (χ2v) is 4.67. The third-order valence-corrected chi connectivity index (χ3v) is 2.99. The molecule has 2 amide bonds. The second kappa shape index (κ2) is 8.38. The predicted molar refractivity (Wildman–Crippen MR) is 88.5 cm³/mol. The number of rotatable bonds is 6. The largest absolute Gasteiger partial charge is 0.457 e. The van der Waals surface area contributed by atoms with E-state index < -0.39 is 0 Å². The quantitative estimate of drug-likeness (QED) is 0.806. The van der Waals surface area contributed by atoms with Crippen LogP contribution >= 0.6 is 0 Å². The van der Waals surface area contributed by atoms with Gasteiger partial charge in [-0.25, -0.2) is 0 Å². The molecule has 0 aliphatic heterocycles. The van der Waals surface area contributed by atoms with Gasteiger partial charge in [0.15, 0.2) is 0 Å². The standard InChI is InChI=1S/C18H18N2O3/c1-19-17(21)8-5-13-20-18(22)14-9-11-16(12-10-14)23-15-6-3-2-4-7-15/h2-12H,13H2,1H3,(H,19,21)(H,20,22). The van der Waals surface area contributed by atoms with Crippen LogP contribution in [0.15, 0.2) is 66.7 Å². The number of likely N-dealkylation sites (N-methyl/N-ethyl adjacent to an activating group) is 1. The first-order valence-electron chi connectivity index (χ1n) is 7.18. The zero-order chi connectivity index (χ0) is 16.5. The van der Waals surface area contributed by atoms with E-state index in [-0.39, 0.29) is 18.4 Å². The van der Waals surface area contributed by atoms with E-state index in [2.05, 4.69) is 10.6 Å². The number of amides is 2. The second-order valence-electron chi connectivity index (χ2n) is 4.67. The number of nitrogens with one attached hydrogen (secondary N) is 2. The molecule has 0 aliphatic rings. The van der Waals surface area contributed by atoms with Gasteiger partial charge in [0.1, 0.15) is 11.5 Å². The molecule has 5 heteroatoms. The molecule has 0 saturated carbocycles. The number of carbonyl (C=O) groups is 2. The first-order chi connectivity index (χ1) is 11.2. The van der Waals surface area contributed by atoms with E-state index in [0.29, 0.717) is 11.3 Å². The lowest BCUT2D eigenvalue weighted by molar-refractivity contribution is -0.116. The van der Waals surface area contributed by atoms with Crippen molar-refractivity contribution in [1.82, 2.24) is 10.6 Å². The van der Waals surface area contributed by atoms with Crippen molar-refractivity contribution in [2.45, 2.75) is 0 Å². The Kier molecular flexibility index (Phi) is 5.94. The summed E-state index contributed by atoms with van der Waals surface area (Å²) in [6.07, 6.45) is 2.96. The van der Waals surface area contributed by atoms with Crippen LogP contribution in [-0.4, -0.2) is 25.4 Å². The fourth-order valence-corrected chi connectivity index (χ4v) is 1.80. The number of hydrogen-bond acceptors (Lipinski definition) is 3. The van der Waals surface area contributed by atoms with Crippen molar-refractivity contribution in [3.05, 3.63) is 72.3 Å². The van der Waals surface area contributed by atoms with Gasteiger partial charge in [0.05, 0.1) is 0 Å². The van der Waals surface area contributed by atoms with Crippen LogP contribution in [0.2, 0.25) is 0 Å². The molecule has 0 fully saturated rings. The van der Waals surface area contributed by atoms with Gasteiger partial charge in [-0.2, -0.15) is 0 Å². The van der Waals surface area contributed by atoms with Crippen molar-refractivity contribution >= 4 is 11.8 Å². The molecule has 0 bridgehead atoms. The molecule has 0 aromatic heterocycles. The van der Waals surface area contributed by atoms with Crippen molar-refractivity contribution in [3.8, 4) is 11.5 Å². The summed E-state index contributed by atoms with van der Waals surface area (Å²) in [5.74, 6) is 0.982. The summed E-state index contributed by atoms with van der Waals surface area (Å²) in [5, 5.41) is 5.16. The Morgan fingerprint density at radius 2 is 1.65 bits per heavy atom. The lowest BCUT2D eigenvalue weighted by Gasteiger charge is -2.06. The molecule has 23 heavy (non-hydrogen) atoms. The SMILES string of the molecule is CNC(=O)C=CCNC(=O)c1ccc(Oc2ccccc2)cc1. The highest BCUT2D eigenvalue weighted by molar-refractivity contribution is 5.94. The van der Waals surface area contributed by atoms with E-state index in [0.717, 1.165) is 5.75 Å². The maximum absolute atomic E-state index is 11.9. The Labute approximate surface area is 135 Å². The van der Waals surface area contributed by atoms with E-state index >= 15 is 0 Å². The average molecular weight is 310 g/mol. The van der Waals surface area contributed by atoms with E-state index in [1.165, 1.54) is 6.08 Å². The zero-order valence-corrected chi connectivity index (χ0v) is 12.8. The summed E-state index contributed by atoms with van der Waals surface area (Å²) >= 11 is 0. The normalized spacial score (nSPS) is 10.3. The molecule has 2 N–H and O–H groups in total. The van der Waals surface area contributed by atoms with Gasteiger partial charge in [0, 0.05) is 25.2 Å². The van der Waals surface area contributed by atoms with Crippen LogP contribution in [0.1, 0.15) is 10.4 Å². The summed E-state index contributed by atoms with van der Waals surface area (Å²) < 4.78 is 5.66. The van der Waals surface area contributed by atoms with Gasteiger partial charge in [-0.15, -0.1) is 0 Å². The molecule has 118 valence electrons. The van der Waals surface area contributed by atoms with E-state index in [9.17, 15) is 9.59 Å². The first-order valence-corrected chi connectivity index (χ1v) is 7.18. The molecule has 0 aliphatic carbocycles. The summed E-state index contributed by atoms with van der Waals surface area (Å²) in [5.41, 5.74) is 0.527. The van der Waals surface area contributed by atoms with Crippen LogP contribution in [0.25, 0.3) is 0 Å². The van der Waals surface area contributed by atoms with Crippen LogP contribution in [0.4, 0.5) is 0 Å². The number of hydrogen-bond donors (Lipinski definition) is 2. The maximum atomic E-state index is 11.9. The monoisotopic (exact) mass is 310 g/mol. The van der Waals surface area contributed by atoms with Crippen LogP contribution in [0.3, 0.4) is 0 Å². The molecule has 2 aromatic carbocycles. The van der Waals surface area contributed by atoms with Gasteiger partial charge in [-0.3, -0.25) is 9.59 Å². The third kappa shape index (κ3) is 5.32. The summed E-state index contributed by atoms with van der Waals surface area (Å²) in [4.78, 5) is 22.9. The Hall–Kier alpha value is -3.08. The van der Waals surface area contributed by atoms with Gasteiger partial charge in [-0.05, 0) is 36.4 Å². The van der Waals surface area contributed by atoms with Crippen molar-refractivity contribution in [3.63, 3.8) is 0 Å². The number of para-hydroxylation sites is 1. The summed E-state index contributed by atoms with van der Waals surface area (Å²) in [6.45, 7) is 0.286. The lowest BCUT2D eigenvalue weighted by Crippen LogP contribution is -2.23. The van der Waals surface area contributed by atoms with Crippen molar-refractivity contribution in [2.24, 2.45) is 0 Å². The highest BCUT2D eigenvalue weighted by Gasteiger charge is 2.04. The van der Waals surface area contributed by atoms with Crippen LogP contribution in [0, 0.1) is 0 Å². The minimum atomic E-state index is -0.210. The number of ether oxygens (including phenoxy) is 1. The summed E-state index contributed by atoms with van der Waals surface area (Å²) in [6, 6.07) is 16.3. The van der Waals surface area contributed by atoms with Gasteiger partial charge in [-0.1, -0.05) is 24.3 Å². The molecule has 0 unspecified atom stereocenters. The Balaban J connectivity index is 1.87. The van der Waals surface area contributed by atoms with Crippen LogP contribution in [0.5, 0.6) is 11.5 Å². The maximum Gasteiger partial charge on any atom is 0.251 e. The topological polar surface area (TPSA) is 67.4 Å². The molecule has 0 radical (unpaired) electrons. The molecule has 0 atom stereocenters. The van der Waals surface area contributed by atoms with Gasteiger partial charge in [0.25, 0.3) is 5.91 Å². The van der Waals surface area contributed by atoms with Gasteiger partial charge in [0.2, 0.25) is 5.91 Å². The highest BCUT2D eigenvalue weighted by atomic mass is 16.5. The summed E-state index contributed by atoms with van der Waals surface area (Å²) in [7, 11) is 1.55. The lowest BCUT2D eigenvalue weighted by atomic mass is 10.2. The molecule has 2 aromatic rings. The fourth-order valence-electron chi connectivity index (χ4n) is 1.80. The molecule has 0 heterocycles. The molecule has 0 saturated heterocycles. The van der Waals surface area contributed by atoms with Crippen molar-refractivity contribution < 1.29 is 14.3 Å². The minimum Gasteiger partial charge on any atom is -0.457 e. The first kappa shape index (κ1) is 16.3. The van der Waals surface area contributed by atoms with Crippen LogP contribution < -0.4 is 15.4 Å². The number of benzene rings is 2. The molecular formula is C18H18N2O3. The van der Waals surface area contributed by atoms with Gasteiger partial charge >= 0.3 is 0 Å². The van der Waals surface area contributed by atoms with Gasteiger partial charge < -0.3 is 15.4 Å². The Morgan fingerprint density at radius 1 is 1.00 bits per heavy atom. The van der Waals surface area contributed by atoms with Crippen molar-refractivity contribution in [2.75, 3.05) is 13.6 Å². The zero-order valence-electron chi connectivity index (χ0n) is 12.8. The van der Waals surface area contributed by atoms with E-state index in [1.54, 1.807) is 37.4 Å². The molecule has 5 nitrogen and oxygen atoms in total. The Morgan fingerprint density at radius 3 is 2.30 bits per heavy atom. The van der Waals surface area contributed by atoms with Crippen molar-refractivity contribution in [1.29, 1.82) is 0 Å². The molecule has 2 rings (SSSR count). The fraction of sp³-hybridized carbons (Fsp3) is 0.111. The Bertz CT molecular complexity index is 679.